The molecule has 0 aliphatic heterocycles. The van der Waals surface area contributed by atoms with Gasteiger partial charge in [0.05, 0.1) is 12.8 Å². The Labute approximate surface area is 189 Å². The van der Waals surface area contributed by atoms with E-state index >= 15 is 0 Å². The summed E-state index contributed by atoms with van der Waals surface area (Å²) in [7, 11) is 1.50. The van der Waals surface area contributed by atoms with Crippen LogP contribution in [0.2, 0.25) is 5.02 Å². The van der Waals surface area contributed by atoms with Crippen LogP contribution in [0, 0.1) is 0 Å². The number of nitrogens with one attached hydrogen (secondary N) is 1. The van der Waals surface area contributed by atoms with Gasteiger partial charge in [-0.05, 0) is 42.3 Å². The minimum absolute atomic E-state index is 0.316. The predicted octanol–water partition coefficient (Wildman–Crippen LogP) is 5.83. The molecule has 8 heteroatoms. The molecule has 0 radical (unpaired) electrons. The Balaban J connectivity index is 1.66. The fourth-order valence-electron chi connectivity index (χ4n) is 2.66. The van der Waals surface area contributed by atoms with Crippen molar-refractivity contribution < 1.29 is 19.1 Å². The quantitative estimate of drug-likeness (QED) is 0.262. The number of benzene rings is 2. The number of ether oxygens (including phenoxy) is 2. The summed E-state index contributed by atoms with van der Waals surface area (Å²) in [4.78, 5) is 28.5. The molecule has 0 spiro atoms. The van der Waals surface area contributed by atoms with Gasteiger partial charge in [0.25, 0.3) is 0 Å². The molecular weight excluding hydrogens is 436 g/mol. The van der Waals surface area contributed by atoms with Gasteiger partial charge in [-0.3, -0.25) is 14.9 Å². The minimum atomic E-state index is -0.333. The van der Waals surface area contributed by atoms with Crippen LogP contribution in [0.5, 0.6) is 11.5 Å². The molecule has 1 amide bonds. The molecule has 1 N–H and O–H groups in total. The SMILES string of the molecule is CCCC(=O)Oc1cc(C=CC(=O)Nc2nc(-c3ccc(Cl)cc3)cs2)ccc1OC. The molecule has 0 unspecified atom stereocenters. The maximum atomic E-state index is 12.3. The second kappa shape index (κ2) is 10.7. The molecule has 1 aromatic heterocycles. The van der Waals surface area contributed by atoms with Crippen LogP contribution in [0.25, 0.3) is 17.3 Å². The molecule has 2 aromatic carbocycles. The van der Waals surface area contributed by atoms with E-state index in [0.29, 0.717) is 40.1 Å². The second-order valence-corrected chi connectivity index (χ2v) is 7.80. The van der Waals surface area contributed by atoms with E-state index in [1.807, 2.05) is 24.4 Å². The minimum Gasteiger partial charge on any atom is -0.493 e. The van der Waals surface area contributed by atoms with Gasteiger partial charge >= 0.3 is 5.97 Å². The van der Waals surface area contributed by atoms with Crippen LogP contribution >= 0.6 is 22.9 Å². The summed E-state index contributed by atoms with van der Waals surface area (Å²) in [5.41, 5.74) is 2.37. The molecular formula is C23H21ClN2O4S. The number of carbonyl (C=O) groups is 2. The fraction of sp³-hybridized carbons (Fsp3) is 0.174. The molecule has 0 saturated heterocycles. The largest absolute Gasteiger partial charge is 0.493 e. The molecule has 0 aliphatic rings. The molecule has 0 aliphatic carbocycles. The summed E-state index contributed by atoms with van der Waals surface area (Å²) in [6.45, 7) is 1.90. The second-order valence-electron chi connectivity index (χ2n) is 6.50. The highest BCUT2D eigenvalue weighted by Crippen LogP contribution is 2.29. The maximum Gasteiger partial charge on any atom is 0.311 e. The molecule has 0 atom stereocenters. The number of thiazole rings is 1. The van der Waals surface area contributed by atoms with Crippen molar-refractivity contribution in [2.45, 2.75) is 19.8 Å². The predicted molar refractivity (Wildman–Crippen MR) is 124 cm³/mol. The van der Waals surface area contributed by atoms with Gasteiger partial charge in [-0.1, -0.05) is 36.7 Å². The third-order valence-electron chi connectivity index (χ3n) is 4.17. The molecule has 0 bridgehead atoms. The van der Waals surface area contributed by atoms with E-state index in [9.17, 15) is 9.59 Å². The van der Waals surface area contributed by atoms with Crippen molar-refractivity contribution in [1.29, 1.82) is 0 Å². The monoisotopic (exact) mass is 456 g/mol. The number of amides is 1. The van der Waals surface area contributed by atoms with Crippen LogP contribution in [0.1, 0.15) is 25.3 Å². The van der Waals surface area contributed by atoms with Crippen molar-refractivity contribution in [2.75, 3.05) is 12.4 Å². The lowest BCUT2D eigenvalue weighted by Crippen LogP contribution is -2.08. The van der Waals surface area contributed by atoms with Gasteiger partial charge in [-0.2, -0.15) is 0 Å². The Bertz CT molecular complexity index is 1090. The number of halogens is 1. The topological polar surface area (TPSA) is 77.5 Å². The third kappa shape index (κ3) is 6.41. The summed E-state index contributed by atoms with van der Waals surface area (Å²) in [6, 6.07) is 12.4. The first-order valence-electron chi connectivity index (χ1n) is 9.57. The van der Waals surface area contributed by atoms with Crippen LogP contribution in [0.4, 0.5) is 5.13 Å². The molecule has 1 heterocycles. The zero-order chi connectivity index (χ0) is 22.2. The van der Waals surface area contributed by atoms with Gasteiger partial charge in [-0.15, -0.1) is 11.3 Å². The van der Waals surface area contributed by atoms with Gasteiger partial charge in [-0.25, -0.2) is 4.98 Å². The molecule has 3 aromatic rings. The van der Waals surface area contributed by atoms with E-state index in [-0.39, 0.29) is 11.9 Å². The average molecular weight is 457 g/mol. The lowest BCUT2D eigenvalue weighted by atomic mass is 10.2. The Hall–Kier alpha value is -3.16. The van der Waals surface area contributed by atoms with Crippen LogP contribution in [0.3, 0.4) is 0 Å². The van der Waals surface area contributed by atoms with Gasteiger partial charge in [0.1, 0.15) is 0 Å². The first kappa shape index (κ1) is 22.5. The Kier molecular flexibility index (Phi) is 7.81. The number of carbonyl (C=O) groups excluding carboxylic acids is 2. The lowest BCUT2D eigenvalue weighted by molar-refractivity contribution is -0.134. The normalized spacial score (nSPS) is 10.8. The van der Waals surface area contributed by atoms with Gasteiger partial charge < -0.3 is 9.47 Å². The first-order valence-corrected chi connectivity index (χ1v) is 10.8. The Morgan fingerprint density at radius 3 is 2.65 bits per heavy atom. The molecule has 0 saturated carbocycles. The highest BCUT2D eigenvalue weighted by Gasteiger charge is 2.10. The molecule has 3 rings (SSSR count). The Morgan fingerprint density at radius 1 is 1.16 bits per heavy atom. The summed E-state index contributed by atoms with van der Waals surface area (Å²) in [6.07, 6.45) is 4.03. The van der Waals surface area contributed by atoms with E-state index in [1.54, 1.807) is 36.4 Å². The lowest BCUT2D eigenvalue weighted by Gasteiger charge is -2.09. The maximum absolute atomic E-state index is 12.3. The van der Waals surface area contributed by atoms with E-state index in [4.69, 9.17) is 21.1 Å². The first-order chi connectivity index (χ1) is 15.0. The number of hydrogen-bond donors (Lipinski definition) is 1. The molecule has 6 nitrogen and oxygen atoms in total. The summed E-state index contributed by atoms with van der Waals surface area (Å²) < 4.78 is 10.6. The van der Waals surface area contributed by atoms with Crippen LogP contribution < -0.4 is 14.8 Å². The van der Waals surface area contributed by atoms with Crippen LogP contribution in [-0.4, -0.2) is 24.0 Å². The highest BCUT2D eigenvalue weighted by atomic mass is 35.5. The molecule has 31 heavy (non-hydrogen) atoms. The van der Waals surface area contributed by atoms with Crippen molar-refractivity contribution >= 4 is 46.0 Å². The zero-order valence-corrected chi connectivity index (χ0v) is 18.6. The van der Waals surface area contributed by atoms with Crippen LogP contribution in [0.15, 0.2) is 53.9 Å². The van der Waals surface area contributed by atoms with Crippen molar-refractivity contribution in [1.82, 2.24) is 4.98 Å². The van der Waals surface area contributed by atoms with Crippen molar-refractivity contribution in [3.8, 4) is 22.8 Å². The Morgan fingerprint density at radius 2 is 1.94 bits per heavy atom. The number of aromatic nitrogens is 1. The fourth-order valence-corrected chi connectivity index (χ4v) is 3.51. The summed E-state index contributed by atoms with van der Waals surface area (Å²) >= 11 is 7.24. The smallest absolute Gasteiger partial charge is 0.311 e. The standard InChI is InChI=1S/C23H21ClN2O4S/c1-3-4-22(28)30-20-13-15(5-11-19(20)29-2)6-12-21(27)26-23-25-18(14-31-23)16-7-9-17(24)10-8-16/h5-14H,3-4H2,1-2H3,(H,25,26,27). The van der Waals surface area contributed by atoms with E-state index in [0.717, 1.165) is 11.3 Å². The average Bonchev–Trinajstić information content (AvgIpc) is 3.21. The van der Waals surface area contributed by atoms with Gasteiger partial charge in [0.15, 0.2) is 16.6 Å². The van der Waals surface area contributed by atoms with Crippen molar-refractivity contribution in [3.63, 3.8) is 0 Å². The summed E-state index contributed by atoms with van der Waals surface area (Å²) in [5.74, 6) is 0.108. The highest BCUT2D eigenvalue weighted by molar-refractivity contribution is 7.14. The van der Waals surface area contributed by atoms with Crippen molar-refractivity contribution in [3.05, 3.63) is 64.5 Å². The number of anilines is 1. The van der Waals surface area contributed by atoms with E-state index in [2.05, 4.69) is 10.3 Å². The van der Waals surface area contributed by atoms with E-state index in [1.165, 1.54) is 24.5 Å². The number of hydrogen-bond acceptors (Lipinski definition) is 6. The number of rotatable bonds is 8. The van der Waals surface area contributed by atoms with Gasteiger partial charge in [0, 0.05) is 28.5 Å². The van der Waals surface area contributed by atoms with Gasteiger partial charge in [0.2, 0.25) is 5.91 Å². The number of methoxy groups -OCH3 is 1. The number of nitrogens with zero attached hydrogens (tertiary/aromatic N) is 1. The molecule has 0 fully saturated rings. The van der Waals surface area contributed by atoms with Crippen LogP contribution in [-0.2, 0) is 9.59 Å². The number of esters is 1. The summed E-state index contributed by atoms with van der Waals surface area (Å²) in [5, 5.41) is 5.75. The van der Waals surface area contributed by atoms with E-state index < -0.39 is 0 Å². The molecule has 160 valence electrons. The third-order valence-corrected chi connectivity index (χ3v) is 5.18. The van der Waals surface area contributed by atoms with Crippen molar-refractivity contribution in [2.24, 2.45) is 0 Å². The zero-order valence-electron chi connectivity index (χ0n) is 17.1.